The SMILES string of the molecule is CC(=O)c1c[nH]c2ccc(Br)cc12.CC(=O)c1cn(CC(=O)N(CC(=O)NCc2cccc(Cl)c2F)C(C)C)c2ccc(Br)cc12.CC(=O)c1cn(CC(=O)O)c2ccc(Br)cc12.CC(=O)c1cn(CC(=O)OC(C)(C)C)c2ccc(Br)cc12.CC(C)(C)OC(=O)CBr.CC(C)CCC(=O)NCc1cccc(Cl)c1F.O=CO[O-].[H-].[K+].[K+]. The quantitative estimate of drug-likeness (QED) is 0.00932. The van der Waals surface area contributed by atoms with Gasteiger partial charge in [-0.05, 0) is 180 Å². The second-order valence-corrected chi connectivity index (χ2v) is 33.1. The number of nitrogens with zero attached hydrogens (tertiary/aromatic N) is 4. The van der Waals surface area contributed by atoms with Crippen molar-refractivity contribution in [2.75, 3.05) is 11.9 Å². The van der Waals surface area contributed by atoms with E-state index >= 15 is 0 Å². The number of ketones is 4. The number of halogens is 9. The Bertz CT molecular complexity index is 5130. The molecule has 0 aliphatic carbocycles. The Hall–Kier alpha value is -5.48. The summed E-state index contributed by atoms with van der Waals surface area (Å²) in [4.78, 5) is 133. The molecule has 34 heteroatoms. The van der Waals surface area contributed by atoms with Gasteiger partial charge in [0.15, 0.2) is 23.1 Å². The molecule has 116 heavy (non-hydrogen) atoms. The molecule has 0 aliphatic heterocycles. The van der Waals surface area contributed by atoms with Crippen LogP contribution in [0.4, 0.5) is 8.78 Å². The van der Waals surface area contributed by atoms with Crippen molar-refractivity contribution in [3.05, 3.63) is 207 Å². The van der Waals surface area contributed by atoms with Crippen LogP contribution in [0.2, 0.25) is 10.0 Å². The molecule has 10 aromatic rings. The Kier molecular flexibility index (Phi) is 47.2. The molecule has 0 fully saturated rings. The Labute approximate surface area is 810 Å². The first-order valence-electron chi connectivity index (χ1n) is 35.1. The van der Waals surface area contributed by atoms with E-state index in [-0.39, 0.29) is 229 Å². The van der Waals surface area contributed by atoms with Crippen LogP contribution in [0.1, 0.15) is 164 Å². The van der Waals surface area contributed by atoms with Gasteiger partial charge in [-0.3, -0.25) is 52.7 Å². The van der Waals surface area contributed by atoms with Crippen molar-refractivity contribution in [2.24, 2.45) is 5.92 Å². The molecule has 4 heterocycles. The molecule has 0 aliphatic rings. The number of fused-ring (bicyclic) bond motifs is 4. The molecule has 0 spiro atoms. The summed E-state index contributed by atoms with van der Waals surface area (Å²) in [6.45, 7) is 24.5. The van der Waals surface area contributed by atoms with E-state index in [4.69, 9.17) is 47.8 Å². The van der Waals surface area contributed by atoms with Gasteiger partial charge in [0.1, 0.15) is 47.8 Å². The van der Waals surface area contributed by atoms with Crippen LogP contribution in [0.25, 0.3) is 43.6 Å². The van der Waals surface area contributed by atoms with Crippen LogP contribution < -0.4 is 119 Å². The minimum Gasteiger partial charge on any atom is -1.00 e. The number of esters is 2. The van der Waals surface area contributed by atoms with Crippen LogP contribution in [0.5, 0.6) is 0 Å². The number of benzene rings is 6. The van der Waals surface area contributed by atoms with E-state index in [9.17, 15) is 56.7 Å². The number of amides is 3. The first-order chi connectivity index (χ1) is 53.3. The number of H-pyrrole nitrogens is 1. The Morgan fingerprint density at radius 1 is 0.569 bits per heavy atom. The second kappa shape index (κ2) is 51.3. The van der Waals surface area contributed by atoms with Crippen molar-refractivity contribution in [3.8, 4) is 0 Å². The standard InChI is InChI=1S/C24H24BrClFN3O3.C16H18BrNO3.C13H17ClFNO.C12H10BrNO3.C10H8BrNO.C6H11BrO2.CH2O3.2K.H/c1-14(2)30(12-22(32)28-10-16-5-4-6-20(26)24(16)27)23(33)13-29-11-19(15(3)31)18-9-17(25)7-8-21(18)29;1-10(19)13-8-18(9-15(20)21-16(2,3)4)14-6-5-11(17)7-12(13)14;1-9(2)6-7-12(17)16-8-10-4-3-5-11(14)13(10)15;1-7(15)10-5-14(6-12(16)17)11-3-2-8(13)4-9(10)11;1-6(13)9-5-12-10-3-2-7(11)4-8(9)10;1-6(2,3)9-5(8)4-7;2-1-4-3;;;/h4-9,11,14H,10,12-13H2,1-3H3,(H,28,32);5-8H,9H2,1-4H3;3-5,9H,6-8H2,1-2H3,(H,16,17);2-5H,6H2,1H3,(H,16,17);2-5,12H,1H3;4H2,1-3H3;1,3H;;;/q;;;;;;;2*+1;-1/p-1. The molecule has 0 atom stereocenters. The van der Waals surface area contributed by atoms with E-state index in [0.29, 0.717) is 34.6 Å². The van der Waals surface area contributed by atoms with Crippen molar-refractivity contribution in [3.63, 3.8) is 0 Å². The molecule has 0 bridgehead atoms. The van der Waals surface area contributed by atoms with Crippen LogP contribution in [-0.2, 0) is 80.6 Å². The van der Waals surface area contributed by atoms with E-state index in [1.54, 1.807) is 69.7 Å². The molecule has 0 unspecified atom stereocenters. The fourth-order valence-electron chi connectivity index (χ4n) is 10.7. The molecule has 23 nitrogen and oxygen atoms in total. The van der Waals surface area contributed by atoms with Crippen LogP contribution in [0.15, 0.2) is 152 Å². The number of nitrogens with one attached hydrogen (secondary N) is 3. The fraction of sp³-hybridized carbons (Fsp3) is 0.329. The number of rotatable bonds is 22. The summed E-state index contributed by atoms with van der Waals surface area (Å²) < 4.78 is 46.4. The van der Waals surface area contributed by atoms with E-state index in [1.165, 1.54) is 43.9 Å². The predicted octanol–water partition coefficient (Wildman–Crippen LogP) is 12.5. The number of aromatic nitrogens is 4. The van der Waals surface area contributed by atoms with Gasteiger partial charge in [-0.15, -0.1) is 0 Å². The van der Waals surface area contributed by atoms with Gasteiger partial charge in [-0.2, -0.15) is 0 Å². The van der Waals surface area contributed by atoms with Gasteiger partial charge in [-0.25, -0.2) is 8.78 Å². The summed E-state index contributed by atoms with van der Waals surface area (Å²) in [6, 6.07) is 31.6. The maximum absolute atomic E-state index is 14.0. The zero-order chi connectivity index (χ0) is 85.8. The second-order valence-electron chi connectivity index (χ2n) is 28.0. The zero-order valence-electron chi connectivity index (χ0n) is 68.1. The molecular weight excluding hydrogens is 1930 g/mol. The van der Waals surface area contributed by atoms with E-state index in [1.807, 2.05) is 122 Å². The number of aliphatic carboxylic acids is 1. The molecule has 10 rings (SSSR count). The van der Waals surface area contributed by atoms with E-state index in [0.717, 1.165) is 73.5 Å². The fourth-order valence-corrected chi connectivity index (χ4v) is 12.7. The monoisotopic (exact) mass is 2010 g/mol. The average Bonchev–Trinajstić information content (AvgIpc) is 1.64. The average molecular weight is 2020 g/mol. The van der Waals surface area contributed by atoms with Crippen molar-refractivity contribution >= 4 is 212 Å². The molecule has 0 saturated carbocycles. The zero-order valence-corrected chi connectivity index (χ0v) is 82.7. The number of Topliss-reactive ketones (excluding diaryl/α,β-unsaturated/α-hetero) is 4. The Morgan fingerprint density at radius 2 is 0.940 bits per heavy atom. The third kappa shape index (κ3) is 35.7. The van der Waals surface area contributed by atoms with Crippen molar-refractivity contribution < 1.29 is 190 Å². The normalized spacial score (nSPS) is 10.6. The summed E-state index contributed by atoms with van der Waals surface area (Å²) in [5.74, 6) is -2.88. The molecule has 3 amide bonds. The van der Waals surface area contributed by atoms with Gasteiger partial charge in [0.05, 0.1) is 16.6 Å². The van der Waals surface area contributed by atoms with Crippen molar-refractivity contribution in [1.29, 1.82) is 0 Å². The number of carboxylic acids is 1. The summed E-state index contributed by atoms with van der Waals surface area (Å²) in [7, 11) is 0. The number of carboxylic acid groups (broad SMARTS) is 1. The summed E-state index contributed by atoms with van der Waals surface area (Å²) in [5, 5.41) is 26.2. The smallest absolute Gasteiger partial charge is 1.00 e. The molecule has 6 aromatic carbocycles. The summed E-state index contributed by atoms with van der Waals surface area (Å²) in [6.07, 6.45) is 8.03. The molecule has 4 aromatic heterocycles. The Morgan fingerprint density at radius 3 is 1.29 bits per heavy atom. The van der Waals surface area contributed by atoms with Crippen LogP contribution in [0, 0.1) is 17.6 Å². The Balaban J connectivity index is 0.000000720. The van der Waals surface area contributed by atoms with E-state index < -0.39 is 29.1 Å². The number of alkyl halides is 1. The number of carbonyl (C=O) groups excluding carboxylic acids is 10. The summed E-state index contributed by atoms with van der Waals surface area (Å²) >= 11 is 27.9. The predicted molar refractivity (Wildman–Crippen MR) is 454 cm³/mol. The van der Waals surface area contributed by atoms with E-state index in [2.05, 4.69) is 114 Å². The topological polar surface area (TPSA) is 317 Å². The molecule has 4 N–H and O–H groups in total. The van der Waals surface area contributed by atoms with Crippen molar-refractivity contribution in [1.82, 2.24) is 34.2 Å². The van der Waals surface area contributed by atoms with Gasteiger partial charge in [0.25, 0.3) is 6.47 Å². The number of ether oxygens (including phenoxy) is 2. The molecule has 614 valence electrons. The van der Waals surface area contributed by atoms with Crippen molar-refractivity contribution in [2.45, 2.75) is 160 Å². The maximum atomic E-state index is 14.0. The number of hydrogen-bond donors (Lipinski definition) is 4. The molecule has 0 radical (unpaired) electrons. The minimum absolute atomic E-state index is 0. The summed E-state index contributed by atoms with van der Waals surface area (Å²) in [5.41, 5.74) is 5.56. The van der Waals surface area contributed by atoms with Gasteiger partial charge < -0.3 is 60.4 Å². The molecular formula is C82H90Br5Cl2F2K2N7O16. The minimum atomic E-state index is -0.931. The van der Waals surface area contributed by atoms with Crippen LogP contribution >= 0.6 is 103 Å². The maximum Gasteiger partial charge on any atom is 1.00 e. The van der Waals surface area contributed by atoms with Gasteiger partial charge in [-0.1, -0.05) is 141 Å². The van der Waals surface area contributed by atoms with Gasteiger partial charge in [0, 0.05) is 145 Å². The number of hydrogen-bond acceptors (Lipinski definition) is 15. The van der Waals surface area contributed by atoms with Crippen LogP contribution in [0.3, 0.4) is 0 Å². The van der Waals surface area contributed by atoms with Gasteiger partial charge in [0.2, 0.25) is 17.7 Å². The largest absolute Gasteiger partial charge is 1.00 e. The third-order valence-corrected chi connectivity index (χ3v) is 18.8. The number of aromatic amines is 1. The number of carbonyl (C=O) groups is 11. The first kappa shape index (κ1) is 107. The molecule has 0 saturated heterocycles. The first-order valence-corrected chi connectivity index (χ1v) is 40.1. The van der Waals surface area contributed by atoms with Crippen LogP contribution in [-0.4, -0.2) is 123 Å². The van der Waals surface area contributed by atoms with Gasteiger partial charge >= 0.3 is 121 Å². The third-order valence-electron chi connectivity index (χ3n) is 15.8.